The van der Waals surface area contributed by atoms with Gasteiger partial charge in [-0.25, -0.2) is 0 Å². The Bertz CT molecular complexity index is 453. The van der Waals surface area contributed by atoms with Gasteiger partial charge in [0.2, 0.25) is 11.7 Å². The van der Waals surface area contributed by atoms with Crippen molar-refractivity contribution >= 4 is 0 Å². The van der Waals surface area contributed by atoms with Crippen molar-refractivity contribution in [2.24, 2.45) is 5.73 Å². The van der Waals surface area contributed by atoms with E-state index in [1.165, 1.54) is 0 Å². The lowest BCUT2D eigenvalue weighted by atomic mass is 10.0. The van der Waals surface area contributed by atoms with E-state index in [1.807, 2.05) is 30.3 Å². The molecule has 0 saturated heterocycles. The average molecular weight is 231 g/mol. The fourth-order valence-electron chi connectivity index (χ4n) is 1.80. The second-order valence-corrected chi connectivity index (χ2v) is 4.04. The monoisotopic (exact) mass is 231 g/mol. The van der Waals surface area contributed by atoms with Gasteiger partial charge < -0.3 is 10.3 Å². The number of nitrogens with zero attached hydrogens (tertiary/aromatic N) is 2. The van der Waals surface area contributed by atoms with Crippen LogP contribution < -0.4 is 5.73 Å². The van der Waals surface area contributed by atoms with Crippen molar-refractivity contribution < 1.29 is 4.52 Å². The molecule has 1 atom stereocenters. The molecule has 0 saturated carbocycles. The van der Waals surface area contributed by atoms with Crippen LogP contribution in [0.4, 0.5) is 0 Å². The van der Waals surface area contributed by atoms with Gasteiger partial charge in [0.05, 0.1) is 5.92 Å². The highest BCUT2D eigenvalue weighted by Gasteiger charge is 2.17. The SMILES string of the molecule is CCCC(CN)c1nc(-c2ccccc2)no1. The van der Waals surface area contributed by atoms with Crippen molar-refractivity contribution in [1.29, 1.82) is 0 Å². The lowest BCUT2D eigenvalue weighted by molar-refractivity contribution is 0.347. The van der Waals surface area contributed by atoms with Crippen LogP contribution in [0, 0.1) is 0 Å². The highest BCUT2D eigenvalue weighted by atomic mass is 16.5. The number of hydrogen-bond donors (Lipinski definition) is 1. The van der Waals surface area contributed by atoms with Crippen LogP contribution in [0.25, 0.3) is 11.4 Å². The highest BCUT2D eigenvalue weighted by molar-refractivity contribution is 5.53. The molecule has 0 aliphatic heterocycles. The Morgan fingerprint density at radius 3 is 2.71 bits per heavy atom. The van der Waals surface area contributed by atoms with Crippen LogP contribution >= 0.6 is 0 Å². The largest absolute Gasteiger partial charge is 0.339 e. The fraction of sp³-hybridized carbons (Fsp3) is 0.385. The summed E-state index contributed by atoms with van der Waals surface area (Å²) in [5, 5.41) is 4.00. The summed E-state index contributed by atoms with van der Waals surface area (Å²) in [7, 11) is 0. The Labute approximate surface area is 101 Å². The third kappa shape index (κ3) is 2.71. The number of hydrogen-bond acceptors (Lipinski definition) is 4. The molecule has 4 heteroatoms. The number of rotatable bonds is 5. The molecule has 0 spiro atoms. The summed E-state index contributed by atoms with van der Waals surface area (Å²) in [5.74, 6) is 1.45. The lowest BCUT2D eigenvalue weighted by Gasteiger charge is -2.06. The summed E-state index contributed by atoms with van der Waals surface area (Å²) < 4.78 is 5.28. The maximum Gasteiger partial charge on any atom is 0.231 e. The van der Waals surface area contributed by atoms with Crippen LogP contribution in [0.5, 0.6) is 0 Å². The molecule has 1 unspecified atom stereocenters. The second kappa shape index (κ2) is 5.59. The molecular formula is C13H17N3O. The Morgan fingerprint density at radius 1 is 1.29 bits per heavy atom. The van der Waals surface area contributed by atoms with Crippen LogP contribution in [0.2, 0.25) is 0 Å². The Balaban J connectivity index is 2.21. The van der Waals surface area contributed by atoms with Gasteiger partial charge in [0.25, 0.3) is 0 Å². The zero-order chi connectivity index (χ0) is 12.1. The van der Waals surface area contributed by atoms with E-state index in [1.54, 1.807) is 0 Å². The summed E-state index contributed by atoms with van der Waals surface area (Å²) in [6, 6.07) is 9.80. The van der Waals surface area contributed by atoms with Crippen molar-refractivity contribution in [2.75, 3.05) is 6.54 Å². The Hall–Kier alpha value is -1.68. The van der Waals surface area contributed by atoms with E-state index in [4.69, 9.17) is 10.3 Å². The molecule has 1 aromatic carbocycles. The number of nitrogens with two attached hydrogens (primary N) is 1. The predicted molar refractivity (Wildman–Crippen MR) is 66.4 cm³/mol. The van der Waals surface area contributed by atoms with Crippen molar-refractivity contribution in [3.63, 3.8) is 0 Å². The Morgan fingerprint density at radius 2 is 2.06 bits per heavy atom. The molecule has 0 radical (unpaired) electrons. The van der Waals surface area contributed by atoms with Crippen molar-refractivity contribution in [3.05, 3.63) is 36.2 Å². The van der Waals surface area contributed by atoms with Crippen molar-refractivity contribution in [3.8, 4) is 11.4 Å². The van der Waals surface area contributed by atoms with Gasteiger partial charge in [-0.05, 0) is 6.42 Å². The molecule has 90 valence electrons. The van der Waals surface area contributed by atoms with E-state index >= 15 is 0 Å². The fourth-order valence-corrected chi connectivity index (χ4v) is 1.80. The molecule has 0 aliphatic rings. The van der Waals surface area contributed by atoms with Gasteiger partial charge in [0.1, 0.15) is 0 Å². The van der Waals surface area contributed by atoms with E-state index in [-0.39, 0.29) is 5.92 Å². The predicted octanol–water partition coefficient (Wildman–Crippen LogP) is 2.58. The van der Waals surface area contributed by atoms with E-state index < -0.39 is 0 Å². The number of aromatic nitrogens is 2. The van der Waals surface area contributed by atoms with E-state index in [0.717, 1.165) is 18.4 Å². The molecule has 17 heavy (non-hydrogen) atoms. The average Bonchev–Trinajstić information content (AvgIpc) is 2.86. The minimum atomic E-state index is 0.171. The van der Waals surface area contributed by atoms with Crippen molar-refractivity contribution in [1.82, 2.24) is 10.1 Å². The standard InChI is InChI=1S/C13H17N3O/c1-2-6-11(9-14)13-15-12(16-17-13)10-7-4-3-5-8-10/h3-5,7-8,11H,2,6,9,14H2,1H3. The normalized spacial score (nSPS) is 12.6. The quantitative estimate of drug-likeness (QED) is 0.859. The molecule has 2 aromatic rings. The van der Waals surface area contributed by atoms with Crippen LogP contribution in [-0.2, 0) is 0 Å². The van der Waals surface area contributed by atoms with Gasteiger partial charge in [-0.2, -0.15) is 4.98 Å². The topological polar surface area (TPSA) is 64.9 Å². The number of benzene rings is 1. The molecule has 0 fully saturated rings. The molecular weight excluding hydrogens is 214 g/mol. The van der Waals surface area contributed by atoms with Crippen LogP contribution in [0.3, 0.4) is 0 Å². The third-order valence-corrected chi connectivity index (χ3v) is 2.74. The minimum absolute atomic E-state index is 0.171. The maximum absolute atomic E-state index is 5.71. The summed E-state index contributed by atoms with van der Waals surface area (Å²) in [6.45, 7) is 2.67. The minimum Gasteiger partial charge on any atom is -0.339 e. The molecule has 0 amide bonds. The first kappa shape index (κ1) is 11.8. The summed E-state index contributed by atoms with van der Waals surface area (Å²) in [6.07, 6.45) is 2.04. The summed E-state index contributed by atoms with van der Waals surface area (Å²) >= 11 is 0. The van der Waals surface area contributed by atoms with Gasteiger partial charge >= 0.3 is 0 Å². The highest BCUT2D eigenvalue weighted by Crippen LogP contribution is 2.22. The first-order chi connectivity index (χ1) is 8.35. The molecule has 0 bridgehead atoms. The second-order valence-electron chi connectivity index (χ2n) is 4.04. The zero-order valence-corrected chi connectivity index (χ0v) is 9.97. The van der Waals surface area contributed by atoms with Gasteiger partial charge in [0, 0.05) is 12.1 Å². The molecule has 4 nitrogen and oxygen atoms in total. The molecule has 2 rings (SSSR count). The van der Waals surface area contributed by atoms with Gasteiger partial charge in [-0.15, -0.1) is 0 Å². The van der Waals surface area contributed by atoms with Gasteiger partial charge in [-0.1, -0.05) is 48.8 Å². The first-order valence-electron chi connectivity index (χ1n) is 5.94. The van der Waals surface area contributed by atoms with E-state index in [9.17, 15) is 0 Å². The summed E-state index contributed by atoms with van der Waals surface area (Å²) in [5.41, 5.74) is 6.68. The first-order valence-corrected chi connectivity index (χ1v) is 5.94. The molecule has 2 N–H and O–H groups in total. The maximum atomic E-state index is 5.71. The zero-order valence-electron chi connectivity index (χ0n) is 9.97. The van der Waals surface area contributed by atoms with E-state index in [0.29, 0.717) is 18.3 Å². The van der Waals surface area contributed by atoms with Crippen LogP contribution in [-0.4, -0.2) is 16.7 Å². The van der Waals surface area contributed by atoms with Crippen LogP contribution in [0.1, 0.15) is 31.6 Å². The van der Waals surface area contributed by atoms with E-state index in [2.05, 4.69) is 17.1 Å². The molecule has 0 aliphatic carbocycles. The van der Waals surface area contributed by atoms with Crippen molar-refractivity contribution in [2.45, 2.75) is 25.7 Å². The third-order valence-electron chi connectivity index (χ3n) is 2.74. The van der Waals surface area contributed by atoms with Gasteiger partial charge in [-0.3, -0.25) is 0 Å². The van der Waals surface area contributed by atoms with Gasteiger partial charge in [0.15, 0.2) is 0 Å². The molecule has 1 heterocycles. The Kier molecular flexibility index (Phi) is 3.88. The lowest BCUT2D eigenvalue weighted by Crippen LogP contribution is -2.12. The van der Waals surface area contributed by atoms with Crippen LogP contribution in [0.15, 0.2) is 34.9 Å². The smallest absolute Gasteiger partial charge is 0.231 e. The summed E-state index contributed by atoms with van der Waals surface area (Å²) in [4.78, 5) is 4.41. The molecule has 1 aromatic heterocycles.